The number of nitrogens with zero attached hydrogens (tertiary/aromatic N) is 1. The highest BCUT2D eigenvalue weighted by Crippen LogP contribution is 2.35. The van der Waals surface area contributed by atoms with Gasteiger partial charge in [0, 0.05) is 15.2 Å². The molecule has 12 heteroatoms. The zero-order chi connectivity index (χ0) is 29.7. The summed E-state index contributed by atoms with van der Waals surface area (Å²) in [6.07, 6.45) is 1.52. The van der Waals surface area contributed by atoms with Gasteiger partial charge in [0.25, 0.3) is 17.1 Å². The van der Waals surface area contributed by atoms with Gasteiger partial charge in [-0.05, 0) is 107 Å². The maximum Gasteiger partial charge on any atom is 0.294 e. The van der Waals surface area contributed by atoms with Crippen LogP contribution >= 0.6 is 39.3 Å². The second-order valence-electron chi connectivity index (χ2n) is 8.99. The predicted molar refractivity (Wildman–Crippen MR) is 163 cm³/mol. The third kappa shape index (κ3) is 7.69. The lowest BCUT2D eigenvalue weighted by atomic mass is 10.1. The Labute approximate surface area is 254 Å². The van der Waals surface area contributed by atoms with Gasteiger partial charge in [-0.2, -0.15) is 0 Å². The molecule has 41 heavy (non-hydrogen) atoms. The molecule has 0 bridgehead atoms. The number of imide groups is 1. The Kier molecular flexibility index (Phi) is 9.74. The number of thioether (sulfide) groups is 1. The van der Waals surface area contributed by atoms with Crippen molar-refractivity contribution in [2.24, 2.45) is 0 Å². The number of aryl methyl sites for hydroxylation is 2. The number of hydrogen-bond acceptors (Lipinski definition) is 7. The first-order chi connectivity index (χ1) is 19.5. The van der Waals surface area contributed by atoms with Gasteiger partial charge >= 0.3 is 0 Å². The van der Waals surface area contributed by atoms with Crippen molar-refractivity contribution in [1.82, 2.24) is 4.90 Å². The summed E-state index contributed by atoms with van der Waals surface area (Å²) in [7, 11) is 1.45. The van der Waals surface area contributed by atoms with Crippen LogP contribution in [0, 0.1) is 13.8 Å². The van der Waals surface area contributed by atoms with Crippen LogP contribution in [0.3, 0.4) is 0 Å². The average molecular weight is 659 g/mol. The van der Waals surface area contributed by atoms with E-state index >= 15 is 0 Å². The molecule has 0 aromatic heterocycles. The van der Waals surface area contributed by atoms with Crippen molar-refractivity contribution in [3.05, 3.63) is 85.7 Å². The summed E-state index contributed by atoms with van der Waals surface area (Å²) in [5.41, 5.74) is 3.79. The van der Waals surface area contributed by atoms with Gasteiger partial charge in [-0.3, -0.25) is 24.1 Å². The molecule has 1 aliphatic heterocycles. The number of rotatable bonds is 9. The molecule has 0 saturated carbocycles. The lowest BCUT2D eigenvalue weighted by Crippen LogP contribution is -2.36. The van der Waals surface area contributed by atoms with Gasteiger partial charge in [-0.1, -0.05) is 23.7 Å². The van der Waals surface area contributed by atoms with E-state index in [-0.39, 0.29) is 17.4 Å². The molecule has 0 radical (unpaired) electrons. The summed E-state index contributed by atoms with van der Waals surface area (Å²) in [6, 6.07) is 15.2. The molecule has 0 unspecified atom stereocenters. The van der Waals surface area contributed by atoms with E-state index in [1.165, 1.54) is 13.2 Å². The second-order valence-corrected chi connectivity index (χ2v) is 11.3. The van der Waals surface area contributed by atoms with E-state index in [1.54, 1.807) is 42.5 Å². The van der Waals surface area contributed by atoms with Crippen molar-refractivity contribution in [2.75, 3.05) is 30.9 Å². The molecule has 0 aliphatic carbocycles. The Morgan fingerprint density at radius 3 is 2.49 bits per heavy atom. The fraction of sp³-hybridized carbons (Fsp3) is 0.172. The number of amides is 4. The van der Waals surface area contributed by atoms with Gasteiger partial charge in [0.2, 0.25) is 5.91 Å². The van der Waals surface area contributed by atoms with Crippen LogP contribution in [0.1, 0.15) is 16.7 Å². The fourth-order valence-electron chi connectivity index (χ4n) is 3.80. The van der Waals surface area contributed by atoms with Gasteiger partial charge in [-0.25, -0.2) is 0 Å². The average Bonchev–Trinajstić information content (AvgIpc) is 3.18. The molecule has 0 spiro atoms. The molecule has 2 N–H and O–H groups in total. The third-order valence-electron chi connectivity index (χ3n) is 5.99. The Hall–Kier alpha value is -3.80. The van der Waals surface area contributed by atoms with Crippen LogP contribution in [0.2, 0.25) is 5.02 Å². The summed E-state index contributed by atoms with van der Waals surface area (Å²) in [6.45, 7) is 3.25. The highest BCUT2D eigenvalue weighted by atomic mass is 79.9. The number of methoxy groups -OCH3 is 1. The summed E-state index contributed by atoms with van der Waals surface area (Å²) >= 11 is 10.1. The Bertz CT molecular complexity index is 1580. The van der Waals surface area contributed by atoms with Crippen LogP contribution in [0.25, 0.3) is 6.08 Å². The second kappa shape index (κ2) is 13.2. The molecule has 1 aliphatic rings. The highest BCUT2D eigenvalue weighted by Gasteiger charge is 2.36. The molecule has 1 fully saturated rings. The number of anilines is 2. The van der Waals surface area contributed by atoms with E-state index in [4.69, 9.17) is 21.1 Å². The maximum atomic E-state index is 12.9. The van der Waals surface area contributed by atoms with Gasteiger partial charge in [-0.15, -0.1) is 0 Å². The van der Waals surface area contributed by atoms with E-state index < -0.39 is 23.6 Å². The lowest BCUT2D eigenvalue weighted by Gasteiger charge is -2.13. The van der Waals surface area contributed by atoms with E-state index in [2.05, 4.69) is 26.6 Å². The van der Waals surface area contributed by atoms with Gasteiger partial charge in [0.1, 0.15) is 6.54 Å². The third-order valence-corrected chi connectivity index (χ3v) is 7.78. The number of halogens is 2. The van der Waals surface area contributed by atoms with Crippen molar-refractivity contribution in [3.63, 3.8) is 0 Å². The van der Waals surface area contributed by atoms with Crippen molar-refractivity contribution in [2.45, 2.75) is 13.8 Å². The standard InChI is InChI=1S/C29H25BrClN3O6S/c1-16-9-21(30)22(10-17(16)2)33-27(36)15-40-23-8-7-18(11-24(23)39-3)12-25-28(37)34(29(38)41-25)14-26(35)32-20-6-4-5-19(31)13-20/h4-13H,14-15H2,1-3H3,(H,32,35)(H,33,36)/b25-12+. The molecular weight excluding hydrogens is 634 g/mol. The highest BCUT2D eigenvalue weighted by molar-refractivity contribution is 9.10. The monoisotopic (exact) mass is 657 g/mol. The first-order valence-corrected chi connectivity index (χ1v) is 14.2. The van der Waals surface area contributed by atoms with Crippen molar-refractivity contribution in [1.29, 1.82) is 0 Å². The number of benzene rings is 3. The predicted octanol–water partition coefficient (Wildman–Crippen LogP) is 6.42. The van der Waals surface area contributed by atoms with Crippen LogP contribution in [-0.2, 0) is 14.4 Å². The van der Waals surface area contributed by atoms with E-state index in [0.717, 1.165) is 32.3 Å². The minimum absolute atomic E-state index is 0.152. The SMILES string of the molecule is COc1cc(/C=C2/SC(=O)N(CC(=O)Nc3cccc(Cl)c3)C2=O)ccc1OCC(=O)Nc1cc(C)c(C)cc1Br. The molecule has 212 valence electrons. The van der Waals surface area contributed by atoms with Gasteiger partial charge < -0.3 is 20.1 Å². The van der Waals surface area contributed by atoms with Crippen LogP contribution in [0.4, 0.5) is 16.2 Å². The first-order valence-electron chi connectivity index (χ1n) is 12.2. The lowest BCUT2D eigenvalue weighted by molar-refractivity contribution is -0.127. The molecule has 4 rings (SSSR count). The van der Waals surface area contributed by atoms with Crippen LogP contribution < -0.4 is 20.1 Å². The molecule has 3 aromatic carbocycles. The van der Waals surface area contributed by atoms with Crippen LogP contribution in [0.15, 0.2) is 64.0 Å². The van der Waals surface area contributed by atoms with Crippen molar-refractivity contribution in [3.8, 4) is 11.5 Å². The topological polar surface area (TPSA) is 114 Å². The fourth-order valence-corrected chi connectivity index (χ4v) is 5.38. The van der Waals surface area contributed by atoms with E-state index in [0.29, 0.717) is 33.5 Å². The molecule has 0 atom stereocenters. The van der Waals surface area contributed by atoms with Gasteiger partial charge in [0.05, 0.1) is 17.7 Å². The van der Waals surface area contributed by atoms with Crippen molar-refractivity contribution < 1.29 is 28.7 Å². The Balaban J connectivity index is 1.39. The quantitative estimate of drug-likeness (QED) is 0.255. The zero-order valence-corrected chi connectivity index (χ0v) is 25.4. The summed E-state index contributed by atoms with van der Waals surface area (Å²) in [5.74, 6) is -0.820. The number of carbonyl (C=O) groups excluding carboxylic acids is 4. The number of ether oxygens (including phenoxy) is 2. The summed E-state index contributed by atoms with van der Waals surface area (Å²) in [5, 5.41) is 5.32. The molecule has 3 aromatic rings. The molecule has 9 nitrogen and oxygen atoms in total. The summed E-state index contributed by atoms with van der Waals surface area (Å²) < 4.78 is 11.9. The smallest absolute Gasteiger partial charge is 0.294 e. The van der Waals surface area contributed by atoms with Crippen LogP contribution in [0.5, 0.6) is 11.5 Å². The first kappa shape index (κ1) is 30.2. The minimum Gasteiger partial charge on any atom is -0.493 e. The Morgan fingerprint density at radius 2 is 1.76 bits per heavy atom. The Morgan fingerprint density at radius 1 is 1.00 bits per heavy atom. The molecular formula is C29H25BrClN3O6S. The number of carbonyl (C=O) groups is 4. The van der Waals surface area contributed by atoms with Crippen LogP contribution in [-0.4, -0.2) is 48.1 Å². The molecule has 1 heterocycles. The maximum absolute atomic E-state index is 12.9. The minimum atomic E-state index is -0.588. The summed E-state index contributed by atoms with van der Waals surface area (Å²) in [4.78, 5) is 51.3. The molecule has 4 amide bonds. The molecule has 1 saturated heterocycles. The van der Waals surface area contributed by atoms with Crippen molar-refractivity contribution >= 4 is 79.7 Å². The number of hydrogen-bond donors (Lipinski definition) is 2. The number of nitrogens with one attached hydrogen (secondary N) is 2. The normalized spacial score (nSPS) is 13.9. The largest absolute Gasteiger partial charge is 0.493 e. The zero-order valence-electron chi connectivity index (χ0n) is 22.2. The van der Waals surface area contributed by atoms with E-state index in [9.17, 15) is 19.2 Å². The van der Waals surface area contributed by atoms with Gasteiger partial charge in [0.15, 0.2) is 18.1 Å². The van der Waals surface area contributed by atoms with E-state index in [1.807, 2.05) is 26.0 Å².